The zero-order valence-corrected chi connectivity index (χ0v) is 19.3. The molecule has 33 heavy (non-hydrogen) atoms. The van der Waals surface area contributed by atoms with E-state index >= 15 is 0 Å². The molecule has 2 heterocycles. The Morgan fingerprint density at radius 1 is 0.909 bits per heavy atom. The van der Waals surface area contributed by atoms with Crippen molar-refractivity contribution >= 4 is 0 Å². The first-order chi connectivity index (χ1) is 16.1. The van der Waals surface area contributed by atoms with Crippen LogP contribution in [-0.4, -0.2) is 79.7 Å². The number of nitrogens with zero attached hydrogens (tertiary/aromatic N) is 2. The van der Waals surface area contributed by atoms with E-state index < -0.39 is 11.4 Å². The predicted octanol–water partition coefficient (Wildman–Crippen LogP) is 3.33. The topological polar surface area (TPSA) is 54.4 Å². The summed E-state index contributed by atoms with van der Waals surface area (Å²) in [6.07, 6.45) is 2.12. The van der Waals surface area contributed by atoms with Crippen molar-refractivity contribution in [2.75, 3.05) is 59.2 Å². The molecule has 2 aromatic rings. The minimum Gasteiger partial charge on any atom is -0.492 e. The zero-order valence-electron chi connectivity index (χ0n) is 19.3. The molecular weight excluding hydrogens is 423 g/mol. The maximum atomic E-state index is 13.8. The molecule has 0 bridgehead atoms. The summed E-state index contributed by atoms with van der Waals surface area (Å²) in [6.45, 7) is 7.79. The van der Waals surface area contributed by atoms with Crippen molar-refractivity contribution in [2.24, 2.45) is 0 Å². The summed E-state index contributed by atoms with van der Waals surface area (Å²) < 4.78 is 30.7. The highest BCUT2D eigenvalue weighted by Gasteiger charge is 2.31. The van der Waals surface area contributed by atoms with E-state index in [9.17, 15) is 9.50 Å². The van der Waals surface area contributed by atoms with Crippen LogP contribution in [0.25, 0.3) is 0 Å². The molecule has 180 valence electrons. The van der Waals surface area contributed by atoms with Gasteiger partial charge in [-0.2, -0.15) is 0 Å². The normalized spacial score (nSPS) is 22.6. The molecule has 2 fully saturated rings. The van der Waals surface area contributed by atoms with Crippen molar-refractivity contribution in [3.05, 3.63) is 59.9 Å². The van der Waals surface area contributed by atoms with E-state index in [1.807, 2.05) is 12.1 Å². The molecule has 7 heteroatoms. The van der Waals surface area contributed by atoms with Crippen molar-refractivity contribution < 1.29 is 23.7 Å². The van der Waals surface area contributed by atoms with Crippen LogP contribution in [0.4, 0.5) is 4.39 Å². The average Bonchev–Trinajstić information content (AvgIpc) is 3.02. The fraction of sp³-hybridized carbons (Fsp3) is 0.538. The monoisotopic (exact) mass is 458 g/mol. The summed E-state index contributed by atoms with van der Waals surface area (Å²) in [5, 5.41) is 11.0. The second-order valence-corrected chi connectivity index (χ2v) is 9.02. The van der Waals surface area contributed by atoms with Crippen molar-refractivity contribution in [2.45, 2.75) is 31.4 Å². The quantitative estimate of drug-likeness (QED) is 0.622. The van der Waals surface area contributed by atoms with E-state index in [1.165, 1.54) is 11.6 Å². The second-order valence-electron chi connectivity index (χ2n) is 9.02. The summed E-state index contributed by atoms with van der Waals surface area (Å²) in [4.78, 5) is 4.72. The molecule has 6 nitrogen and oxygen atoms in total. The SMILES string of the molecule is OC1(COc2ccccc2F)CCCN(Cc2ccc(OCCN3CCOCC3)cc2)CC1. The highest BCUT2D eigenvalue weighted by molar-refractivity contribution is 5.27. The van der Waals surface area contributed by atoms with Gasteiger partial charge in [-0.3, -0.25) is 9.80 Å². The van der Waals surface area contributed by atoms with Crippen LogP contribution in [0.3, 0.4) is 0 Å². The number of likely N-dealkylation sites (tertiary alicyclic amines) is 1. The molecule has 1 atom stereocenters. The van der Waals surface area contributed by atoms with Crippen LogP contribution in [0, 0.1) is 5.82 Å². The van der Waals surface area contributed by atoms with Gasteiger partial charge >= 0.3 is 0 Å². The highest BCUT2D eigenvalue weighted by atomic mass is 19.1. The average molecular weight is 459 g/mol. The van der Waals surface area contributed by atoms with Crippen LogP contribution < -0.4 is 9.47 Å². The van der Waals surface area contributed by atoms with E-state index in [1.54, 1.807) is 18.2 Å². The Bertz CT molecular complexity index is 860. The standard InChI is InChI=1S/C26H35FN2O4/c27-24-4-1-2-5-25(24)33-21-26(30)10-3-12-29(13-11-26)20-22-6-8-23(9-7-22)32-19-16-28-14-17-31-18-15-28/h1-2,4-9,30H,3,10-21H2. The van der Waals surface area contributed by atoms with Crippen LogP contribution in [0.2, 0.25) is 0 Å². The fourth-order valence-electron chi connectivity index (χ4n) is 4.38. The third-order valence-electron chi connectivity index (χ3n) is 6.45. The second kappa shape index (κ2) is 11.8. The molecule has 2 aromatic carbocycles. The van der Waals surface area contributed by atoms with Crippen molar-refractivity contribution in [1.29, 1.82) is 0 Å². The van der Waals surface area contributed by atoms with E-state index in [-0.39, 0.29) is 12.4 Å². The number of halogens is 1. The first-order valence-corrected chi connectivity index (χ1v) is 11.9. The molecule has 0 aliphatic carbocycles. The summed E-state index contributed by atoms with van der Waals surface area (Å²) >= 11 is 0. The van der Waals surface area contributed by atoms with Gasteiger partial charge in [-0.25, -0.2) is 4.39 Å². The minimum atomic E-state index is -0.935. The number of aliphatic hydroxyl groups is 1. The molecule has 4 rings (SSSR count). The largest absolute Gasteiger partial charge is 0.492 e. The van der Waals surface area contributed by atoms with Crippen LogP contribution in [-0.2, 0) is 11.3 Å². The fourth-order valence-corrected chi connectivity index (χ4v) is 4.38. The van der Waals surface area contributed by atoms with Gasteiger partial charge in [0.2, 0.25) is 0 Å². The van der Waals surface area contributed by atoms with E-state index in [0.717, 1.165) is 64.7 Å². The lowest BCUT2D eigenvalue weighted by Gasteiger charge is -2.27. The Hall–Kier alpha value is -2.19. The molecule has 0 radical (unpaired) electrons. The number of benzene rings is 2. The molecule has 0 spiro atoms. The molecular formula is C26H35FN2O4. The van der Waals surface area contributed by atoms with Gasteiger partial charge in [0.05, 0.1) is 18.8 Å². The van der Waals surface area contributed by atoms with Crippen molar-refractivity contribution in [3.63, 3.8) is 0 Å². The Labute approximate surface area is 195 Å². The smallest absolute Gasteiger partial charge is 0.165 e. The molecule has 1 unspecified atom stereocenters. The van der Waals surface area contributed by atoms with Crippen LogP contribution in [0.15, 0.2) is 48.5 Å². The molecule has 2 saturated heterocycles. The maximum Gasteiger partial charge on any atom is 0.165 e. The number of morpholine rings is 1. The Balaban J connectivity index is 1.20. The van der Waals surface area contributed by atoms with Gasteiger partial charge in [0.25, 0.3) is 0 Å². The van der Waals surface area contributed by atoms with Gasteiger partial charge < -0.3 is 19.3 Å². The third-order valence-corrected chi connectivity index (χ3v) is 6.45. The minimum absolute atomic E-state index is 0.109. The Kier molecular flexibility index (Phi) is 8.56. The predicted molar refractivity (Wildman–Crippen MR) is 125 cm³/mol. The third kappa shape index (κ3) is 7.40. The molecule has 2 aliphatic rings. The highest BCUT2D eigenvalue weighted by Crippen LogP contribution is 2.26. The van der Waals surface area contributed by atoms with Gasteiger partial charge in [0, 0.05) is 32.7 Å². The van der Waals surface area contributed by atoms with E-state index in [2.05, 4.69) is 21.9 Å². The van der Waals surface area contributed by atoms with Gasteiger partial charge in [-0.15, -0.1) is 0 Å². The van der Waals surface area contributed by atoms with Crippen molar-refractivity contribution in [3.8, 4) is 11.5 Å². The maximum absolute atomic E-state index is 13.8. The summed E-state index contributed by atoms with van der Waals surface area (Å²) in [5.74, 6) is 0.687. The summed E-state index contributed by atoms with van der Waals surface area (Å²) in [7, 11) is 0. The zero-order chi connectivity index (χ0) is 22.9. The lowest BCUT2D eigenvalue weighted by Crippen LogP contribution is -2.38. The molecule has 1 N–H and O–H groups in total. The van der Waals surface area contributed by atoms with Crippen LogP contribution in [0.1, 0.15) is 24.8 Å². The van der Waals surface area contributed by atoms with E-state index in [4.69, 9.17) is 14.2 Å². The van der Waals surface area contributed by atoms with Crippen molar-refractivity contribution in [1.82, 2.24) is 9.80 Å². The van der Waals surface area contributed by atoms with Gasteiger partial charge in [0.1, 0.15) is 19.0 Å². The Morgan fingerprint density at radius 2 is 1.70 bits per heavy atom. The first-order valence-electron chi connectivity index (χ1n) is 11.9. The molecule has 0 aromatic heterocycles. The van der Waals surface area contributed by atoms with Gasteiger partial charge in [-0.1, -0.05) is 24.3 Å². The molecule has 2 aliphatic heterocycles. The number of ether oxygens (including phenoxy) is 3. The number of hydrogen-bond donors (Lipinski definition) is 1. The van der Waals surface area contributed by atoms with Crippen LogP contribution in [0.5, 0.6) is 11.5 Å². The Morgan fingerprint density at radius 3 is 2.48 bits per heavy atom. The van der Waals surface area contributed by atoms with Crippen LogP contribution >= 0.6 is 0 Å². The lowest BCUT2D eigenvalue weighted by molar-refractivity contribution is -0.0177. The van der Waals surface area contributed by atoms with E-state index in [0.29, 0.717) is 19.4 Å². The number of hydrogen-bond acceptors (Lipinski definition) is 6. The first kappa shape index (κ1) is 24.0. The lowest BCUT2D eigenvalue weighted by atomic mass is 9.96. The summed E-state index contributed by atoms with van der Waals surface area (Å²) in [6, 6.07) is 14.6. The van der Waals surface area contributed by atoms with Gasteiger partial charge in [0.15, 0.2) is 11.6 Å². The number of para-hydroxylation sites is 1. The molecule has 0 saturated carbocycles. The van der Waals surface area contributed by atoms with Gasteiger partial charge in [-0.05, 0) is 55.6 Å². The molecule has 0 amide bonds. The summed E-state index contributed by atoms with van der Waals surface area (Å²) in [5.41, 5.74) is 0.290. The number of rotatable bonds is 9.